The summed E-state index contributed by atoms with van der Waals surface area (Å²) in [6.45, 7) is 11.8. The molecule has 0 aliphatic carbocycles. The molecule has 2 aromatic carbocycles. The summed E-state index contributed by atoms with van der Waals surface area (Å²) in [5, 5.41) is 0. The van der Waals surface area contributed by atoms with Crippen LogP contribution >= 0.6 is 0 Å². The zero-order valence-electron chi connectivity index (χ0n) is 20.7. The van der Waals surface area contributed by atoms with Crippen LogP contribution in [0.5, 0.6) is 0 Å². The Morgan fingerprint density at radius 1 is 1.09 bits per heavy atom. The van der Waals surface area contributed by atoms with Crippen molar-refractivity contribution in [1.29, 1.82) is 0 Å². The molecule has 2 heterocycles. The maximum absolute atomic E-state index is 13.4. The van der Waals surface area contributed by atoms with E-state index in [1.165, 1.54) is 11.1 Å². The van der Waals surface area contributed by atoms with E-state index >= 15 is 0 Å². The third kappa shape index (κ3) is 5.65. The second-order valence-corrected chi connectivity index (χ2v) is 9.02. The number of fused-ring (bicyclic) bond motifs is 1. The summed E-state index contributed by atoms with van der Waals surface area (Å²) in [7, 11) is 0. The Morgan fingerprint density at radius 3 is 2.65 bits per heavy atom. The minimum Gasteiger partial charge on any atom is -0.355 e. The molecule has 0 saturated heterocycles. The van der Waals surface area contributed by atoms with Gasteiger partial charge in [0.1, 0.15) is 5.84 Å². The van der Waals surface area contributed by atoms with E-state index in [1.54, 1.807) is 0 Å². The molecule has 0 spiro atoms. The van der Waals surface area contributed by atoms with Crippen LogP contribution < -0.4 is 4.90 Å². The van der Waals surface area contributed by atoms with Crippen molar-refractivity contribution >= 4 is 17.4 Å². The molecule has 2 aliphatic rings. The number of carbonyl (C=O) groups is 1. The van der Waals surface area contributed by atoms with E-state index < -0.39 is 0 Å². The normalized spacial score (nSPS) is 17.3. The number of hydrogen-bond donors (Lipinski definition) is 0. The highest BCUT2D eigenvalue weighted by Gasteiger charge is 2.26. The predicted molar refractivity (Wildman–Crippen MR) is 141 cm³/mol. The predicted octanol–water partition coefficient (Wildman–Crippen LogP) is 5.03. The lowest BCUT2D eigenvalue weighted by atomic mass is 10.1. The molecule has 0 aromatic heterocycles. The van der Waals surface area contributed by atoms with Crippen LogP contribution in [0.4, 0.5) is 5.69 Å². The van der Waals surface area contributed by atoms with Crippen molar-refractivity contribution < 1.29 is 4.79 Å². The van der Waals surface area contributed by atoms with Crippen LogP contribution in [0.15, 0.2) is 77.3 Å². The molecule has 1 amide bonds. The van der Waals surface area contributed by atoms with E-state index in [0.717, 1.165) is 61.8 Å². The number of para-hydroxylation sites is 1. The van der Waals surface area contributed by atoms with Gasteiger partial charge in [0.2, 0.25) is 5.91 Å². The molecule has 0 saturated carbocycles. The van der Waals surface area contributed by atoms with Crippen molar-refractivity contribution in [1.82, 2.24) is 9.80 Å². The van der Waals surface area contributed by atoms with Crippen molar-refractivity contribution in [2.45, 2.75) is 40.3 Å². The summed E-state index contributed by atoms with van der Waals surface area (Å²) >= 11 is 0. The van der Waals surface area contributed by atoms with E-state index in [0.29, 0.717) is 13.1 Å². The molecule has 4 rings (SSSR count). The first kappa shape index (κ1) is 24.0. The van der Waals surface area contributed by atoms with Crippen LogP contribution in [0.1, 0.15) is 43.9 Å². The lowest BCUT2D eigenvalue weighted by Crippen LogP contribution is -2.37. The van der Waals surface area contributed by atoms with Gasteiger partial charge in [-0.25, -0.2) is 0 Å². The lowest BCUT2D eigenvalue weighted by molar-refractivity contribution is -0.119. The molecule has 178 valence electrons. The highest BCUT2D eigenvalue weighted by atomic mass is 16.2. The average molecular weight is 457 g/mol. The molecular weight excluding hydrogens is 420 g/mol. The van der Waals surface area contributed by atoms with Gasteiger partial charge in [-0.15, -0.1) is 0 Å². The molecule has 0 radical (unpaired) electrons. The molecule has 0 bridgehead atoms. The van der Waals surface area contributed by atoms with Crippen LogP contribution in [0.2, 0.25) is 0 Å². The molecule has 2 aromatic rings. The van der Waals surface area contributed by atoms with Crippen LogP contribution in [0, 0.1) is 0 Å². The number of amidine groups is 1. The number of anilines is 1. The van der Waals surface area contributed by atoms with Gasteiger partial charge >= 0.3 is 0 Å². The molecular formula is C29H36N4O. The Hall–Kier alpha value is -3.18. The number of rotatable bonds is 8. The van der Waals surface area contributed by atoms with Crippen molar-refractivity contribution in [2.75, 3.05) is 37.6 Å². The van der Waals surface area contributed by atoms with Gasteiger partial charge in [-0.05, 0) is 44.4 Å². The van der Waals surface area contributed by atoms with E-state index in [9.17, 15) is 4.79 Å². The Bertz CT molecular complexity index is 1080. The topological polar surface area (TPSA) is 39.2 Å². The van der Waals surface area contributed by atoms with Gasteiger partial charge in [-0.1, -0.05) is 66.3 Å². The molecule has 0 atom stereocenters. The summed E-state index contributed by atoms with van der Waals surface area (Å²) in [6.07, 6.45) is 7.39. The molecule has 2 aliphatic heterocycles. The van der Waals surface area contributed by atoms with Crippen LogP contribution in [0.3, 0.4) is 0 Å². The summed E-state index contributed by atoms with van der Waals surface area (Å²) in [5.41, 5.74) is 5.77. The number of amides is 1. The van der Waals surface area contributed by atoms with Crippen LogP contribution in [0.25, 0.3) is 0 Å². The number of allylic oxidation sites excluding steroid dienone is 3. The first-order valence-corrected chi connectivity index (χ1v) is 12.4. The second-order valence-electron chi connectivity index (χ2n) is 9.02. The van der Waals surface area contributed by atoms with E-state index in [2.05, 4.69) is 96.3 Å². The van der Waals surface area contributed by atoms with Gasteiger partial charge in [-0.3, -0.25) is 14.7 Å². The zero-order valence-corrected chi connectivity index (χ0v) is 20.7. The lowest BCUT2D eigenvalue weighted by Gasteiger charge is -2.23. The number of benzene rings is 2. The van der Waals surface area contributed by atoms with Crippen LogP contribution in [-0.2, 0) is 17.9 Å². The monoisotopic (exact) mass is 456 g/mol. The largest absolute Gasteiger partial charge is 0.355 e. The summed E-state index contributed by atoms with van der Waals surface area (Å²) in [4.78, 5) is 24.6. The van der Waals surface area contributed by atoms with Gasteiger partial charge in [0.25, 0.3) is 0 Å². The third-order valence-electron chi connectivity index (χ3n) is 6.65. The molecule has 0 fully saturated rings. The minimum atomic E-state index is 0.153. The second kappa shape index (κ2) is 11.3. The number of nitrogens with zero attached hydrogens (tertiary/aromatic N) is 4. The molecule has 34 heavy (non-hydrogen) atoms. The Morgan fingerprint density at radius 2 is 1.88 bits per heavy atom. The maximum Gasteiger partial charge on any atom is 0.241 e. The van der Waals surface area contributed by atoms with Gasteiger partial charge in [0.05, 0.1) is 19.6 Å². The van der Waals surface area contributed by atoms with E-state index in [4.69, 9.17) is 0 Å². The fourth-order valence-electron chi connectivity index (χ4n) is 4.58. The first-order chi connectivity index (χ1) is 16.6. The number of hydrogen-bond acceptors (Lipinski definition) is 4. The highest BCUT2D eigenvalue weighted by Crippen LogP contribution is 2.27. The van der Waals surface area contributed by atoms with Crippen molar-refractivity contribution in [3.05, 3.63) is 89.0 Å². The first-order valence-electron chi connectivity index (χ1n) is 12.4. The van der Waals surface area contributed by atoms with Gasteiger partial charge < -0.3 is 9.80 Å². The highest BCUT2D eigenvalue weighted by molar-refractivity contribution is 6.00. The summed E-state index contributed by atoms with van der Waals surface area (Å²) in [5.74, 6) is 1.24. The minimum absolute atomic E-state index is 0.153. The number of aliphatic imine (C=N–C) groups is 1. The number of carbonyl (C=O) groups excluding carboxylic acids is 1. The molecule has 0 unspecified atom stereocenters. The van der Waals surface area contributed by atoms with E-state index in [1.807, 2.05) is 11.0 Å². The standard InChI is InChI=1S/C29H36N4O/c1-4-23(3)10-8-9-18-31-21-26-11-6-7-12-27(26)33(28(34)22-31)20-24-13-15-25(16-14-24)29-30-17-19-32(29)5-2/h4,6-8,10-16H,5,9,17-22H2,1-3H3/b10-8-,23-4-. The fraction of sp³-hybridized carbons (Fsp3) is 0.379. The van der Waals surface area contributed by atoms with E-state index in [-0.39, 0.29) is 5.91 Å². The van der Waals surface area contributed by atoms with Crippen molar-refractivity contribution in [3.8, 4) is 0 Å². The number of likely N-dealkylation sites (N-methyl/N-ethyl adjacent to an activating group) is 1. The smallest absolute Gasteiger partial charge is 0.241 e. The third-order valence-corrected chi connectivity index (χ3v) is 6.65. The Balaban J connectivity index is 1.48. The van der Waals surface area contributed by atoms with Crippen molar-refractivity contribution in [2.24, 2.45) is 4.99 Å². The molecule has 5 heteroatoms. The van der Waals surface area contributed by atoms with Gasteiger partial charge in [0, 0.05) is 37.4 Å². The molecule has 5 nitrogen and oxygen atoms in total. The summed E-state index contributed by atoms with van der Waals surface area (Å²) < 4.78 is 0. The van der Waals surface area contributed by atoms with Gasteiger partial charge in [0.15, 0.2) is 0 Å². The average Bonchev–Trinajstić information content (AvgIpc) is 3.29. The molecule has 0 N–H and O–H groups in total. The quantitative estimate of drug-likeness (QED) is 0.523. The summed E-state index contributed by atoms with van der Waals surface area (Å²) in [6, 6.07) is 16.9. The van der Waals surface area contributed by atoms with Gasteiger partial charge in [-0.2, -0.15) is 0 Å². The SMILES string of the molecule is C/C=C(C)\C=C/CCN1CC(=O)N(Cc2ccc(C3=NCCN3CC)cc2)c2ccccc2C1. The fourth-order valence-corrected chi connectivity index (χ4v) is 4.58. The zero-order chi connectivity index (χ0) is 23.9. The Labute approximate surface area is 204 Å². The van der Waals surface area contributed by atoms with Crippen LogP contribution in [-0.4, -0.2) is 54.3 Å². The van der Waals surface area contributed by atoms with Crippen molar-refractivity contribution in [3.63, 3.8) is 0 Å². The Kier molecular flexibility index (Phi) is 7.96. The maximum atomic E-state index is 13.4.